The lowest BCUT2D eigenvalue weighted by Gasteiger charge is -2.06. The van der Waals surface area contributed by atoms with Gasteiger partial charge in [-0.3, -0.25) is 4.79 Å². The number of nitrogens with zero attached hydrogens (tertiary/aromatic N) is 2. The fourth-order valence-electron chi connectivity index (χ4n) is 2.32. The molecule has 1 N–H and O–H groups in total. The SMILES string of the molecule is COc1ccc(CNC(=O)c2cc3c(C)c(C)nnc3s2)cc1F. The summed E-state index contributed by atoms with van der Waals surface area (Å²) in [6.45, 7) is 4.08. The van der Waals surface area contributed by atoms with Gasteiger partial charge in [0.1, 0.15) is 4.83 Å². The molecule has 0 atom stereocenters. The molecule has 0 aliphatic heterocycles. The van der Waals surface area contributed by atoms with E-state index in [9.17, 15) is 9.18 Å². The van der Waals surface area contributed by atoms with E-state index in [-0.39, 0.29) is 18.2 Å². The van der Waals surface area contributed by atoms with Gasteiger partial charge in [-0.25, -0.2) is 4.39 Å². The maximum absolute atomic E-state index is 13.7. The molecule has 7 heteroatoms. The van der Waals surface area contributed by atoms with Crippen molar-refractivity contribution in [1.29, 1.82) is 0 Å². The Hall–Kier alpha value is -2.54. The van der Waals surface area contributed by atoms with E-state index in [0.29, 0.717) is 10.4 Å². The van der Waals surface area contributed by atoms with E-state index in [0.717, 1.165) is 21.5 Å². The number of aryl methyl sites for hydroxylation is 2. The lowest BCUT2D eigenvalue weighted by Crippen LogP contribution is -2.21. The van der Waals surface area contributed by atoms with Crippen LogP contribution in [0.5, 0.6) is 5.75 Å². The highest BCUT2D eigenvalue weighted by molar-refractivity contribution is 7.20. The number of hydrogen-bond donors (Lipinski definition) is 1. The predicted molar refractivity (Wildman–Crippen MR) is 91.0 cm³/mol. The molecule has 24 heavy (non-hydrogen) atoms. The summed E-state index contributed by atoms with van der Waals surface area (Å²) in [6.07, 6.45) is 0. The summed E-state index contributed by atoms with van der Waals surface area (Å²) in [6, 6.07) is 6.42. The number of halogens is 1. The summed E-state index contributed by atoms with van der Waals surface area (Å²) >= 11 is 1.29. The second-order valence-electron chi connectivity index (χ2n) is 5.39. The Morgan fingerprint density at radius 3 is 2.79 bits per heavy atom. The molecule has 2 heterocycles. The number of thiophene rings is 1. The zero-order valence-corrected chi connectivity index (χ0v) is 14.3. The summed E-state index contributed by atoms with van der Waals surface area (Å²) in [5, 5.41) is 11.9. The van der Waals surface area contributed by atoms with Gasteiger partial charge in [-0.1, -0.05) is 6.07 Å². The van der Waals surface area contributed by atoms with Gasteiger partial charge < -0.3 is 10.1 Å². The molecule has 2 aromatic heterocycles. The van der Waals surface area contributed by atoms with E-state index in [1.54, 1.807) is 6.07 Å². The standard InChI is InChI=1S/C17H16FN3O2S/c1-9-10(2)20-21-17-12(9)7-15(24-17)16(22)19-8-11-4-5-14(23-3)13(18)6-11/h4-7H,8H2,1-3H3,(H,19,22). The molecule has 0 aliphatic rings. The number of ether oxygens (including phenoxy) is 1. The number of nitrogens with one attached hydrogen (secondary N) is 1. The van der Waals surface area contributed by atoms with Gasteiger partial charge >= 0.3 is 0 Å². The molecule has 0 unspecified atom stereocenters. The number of carbonyl (C=O) groups is 1. The largest absolute Gasteiger partial charge is 0.494 e. The number of aromatic nitrogens is 2. The van der Waals surface area contributed by atoms with Crippen molar-refractivity contribution in [3.8, 4) is 5.75 Å². The van der Waals surface area contributed by atoms with Crippen molar-refractivity contribution in [2.45, 2.75) is 20.4 Å². The molecule has 124 valence electrons. The van der Waals surface area contributed by atoms with Gasteiger partial charge in [0.2, 0.25) is 0 Å². The van der Waals surface area contributed by atoms with Crippen molar-refractivity contribution in [1.82, 2.24) is 15.5 Å². The molecule has 0 radical (unpaired) electrons. The first-order chi connectivity index (χ1) is 11.5. The van der Waals surface area contributed by atoms with Crippen LogP contribution in [0.25, 0.3) is 10.2 Å². The molecule has 0 saturated heterocycles. The van der Waals surface area contributed by atoms with Gasteiger partial charge in [0, 0.05) is 11.9 Å². The van der Waals surface area contributed by atoms with Gasteiger partial charge in [0.15, 0.2) is 11.6 Å². The first-order valence-electron chi connectivity index (χ1n) is 7.33. The summed E-state index contributed by atoms with van der Waals surface area (Å²) in [4.78, 5) is 13.6. The minimum absolute atomic E-state index is 0.180. The lowest BCUT2D eigenvalue weighted by atomic mass is 10.2. The second-order valence-corrected chi connectivity index (χ2v) is 6.42. The van der Waals surface area contributed by atoms with E-state index >= 15 is 0 Å². The monoisotopic (exact) mass is 345 g/mol. The number of fused-ring (bicyclic) bond motifs is 1. The van der Waals surface area contributed by atoms with Gasteiger partial charge in [-0.15, -0.1) is 16.4 Å². The zero-order valence-electron chi connectivity index (χ0n) is 13.5. The first kappa shape index (κ1) is 16.3. The molecular formula is C17H16FN3O2S. The molecule has 0 bridgehead atoms. The highest BCUT2D eigenvalue weighted by Crippen LogP contribution is 2.27. The van der Waals surface area contributed by atoms with E-state index in [4.69, 9.17) is 4.74 Å². The van der Waals surface area contributed by atoms with Crippen LogP contribution in [0.4, 0.5) is 4.39 Å². The van der Waals surface area contributed by atoms with Crippen LogP contribution in [0.15, 0.2) is 24.3 Å². The van der Waals surface area contributed by atoms with Crippen LogP contribution in [-0.4, -0.2) is 23.2 Å². The minimum Gasteiger partial charge on any atom is -0.494 e. The van der Waals surface area contributed by atoms with Gasteiger partial charge in [-0.05, 0) is 43.2 Å². The van der Waals surface area contributed by atoms with Crippen molar-refractivity contribution < 1.29 is 13.9 Å². The van der Waals surface area contributed by atoms with E-state index in [1.807, 2.05) is 19.9 Å². The first-order valence-corrected chi connectivity index (χ1v) is 8.15. The fraction of sp³-hybridized carbons (Fsp3) is 0.235. The van der Waals surface area contributed by atoms with Crippen LogP contribution >= 0.6 is 11.3 Å². The molecule has 5 nitrogen and oxygen atoms in total. The third kappa shape index (κ3) is 3.07. The Morgan fingerprint density at radius 1 is 1.29 bits per heavy atom. The molecule has 0 saturated carbocycles. The number of amides is 1. The summed E-state index contributed by atoms with van der Waals surface area (Å²) < 4.78 is 18.5. The highest BCUT2D eigenvalue weighted by Gasteiger charge is 2.14. The molecule has 3 rings (SSSR count). The number of carbonyl (C=O) groups excluding carboxylic acids is 1. The molecule has 3 aromatic rings. The number of rotatable bonds is 4. The van der Waals surface area contributed by atoms with E-state index in [2.05, 4.69) is 15.5 Å². The molecule has 1 amide bonds. The molecule has 0 aliphatic carbocycles. The number of benzene rings is 1. The predicted octanol–water partition coefficient (Wildman–Crippen LogP) is 3.39. The van der Waals surface area contributed by atoms with Crippen molar-refractivity contribution in [3.05, 3.63) is 51.8 Å². The Labute approximate surface area is 142 Å². The van der Waals surface area contributed by atoms with Gasteiger partial charge in [-0.2, -0.15) is 5.10 Å². The fourth-order valence-corrected chi connectivity index (χ4v) is 3.27. The smallest absolute Gasteiger partial charge is 0.261 e. The second kappa shape index (κ2) is 6.52. The average Bonchev–Trinajstić information content (AvgIpc) is 3.01. The third-order valence-electron chi connectivity index (χ3n) is 3.84. The summed E-state index contributed by atoms with van der Waals surface area (Å²) in [5.41, 5.74) is 2.53. The van der Waals surface area contributed by atoms with Crippen LogP contribution in [0.2, 0.25) is 0 Å². The van der Waals surface area contributed by atoms with Crippen molar-refractivity contribution >= 4 is 27.5 Å². The maximum atomic E-state index is 13.7. The van der Waals surface area contributed by atoms with Crippen molar-refractivity contribution in [3.63, 3.8) is 0 Å². The Bertz CT molecular complexity index is 924. The maximum Gasteiger partial charge on any atom is 0.261 e. The summed E-state index contributed by atoms with van der Waals surface area (Å²) in [7, 11) is 1.41. The molecular weight excluding hydrogens is 329 g/mol. The van der Waals surface area contributed by atoms with Crippen LogP contribution in [-0.2, 0) is 6.54 Å². The Balaban J connectivity index is 1.75. The Morgan fingerprint density at radius 2 is 2.08 bits per heavy atom. The average molecular weight is 345 g/mol. The lowest BCUT2D eigenvalue weighted by molar-refractivity contribution is 0.0955. The van der Waals surface area contributed by atoms with Crippen molar-refractivity contribution in [2.75, 3.05) is 7.11 Å². The quantitative estimate of drug-likeness (QED) is 0.787. The van der Waals surface area contributed by atoms with Gasteiger partial charge in [0.05, 0.1) is 17.7 Å². The van der Waals surface area contributed by atoms with E-state index < -0.39 is 5.82 Å². The summed E-state index contributed by atoms with van der Waals surface area (Å²) in [5.74, 6) is -0.488. The zero-order chi connectivity index (χ0) is 17.3. The van der Waals surface area contributed by atoms with Crippen molar-refractivity contribution in [2.24, 2.45) is 0 Å². The van der Waals surface area contributed by atoms with E-state index in [1.165, 1.54) is 30.6 Å². The molecule has 1 aromatic carbocycles. The molecule has 0 fully saturated rings. The van der Waals surface area contributed by atoms with Gasteiger partial charge in [0.25, 0.3) is 5.91 Å². The highest BCUT2D eigenvalue weighted by atomic mass is 32.1. The molecule has 0 spiro atoms. The Kier molecular flexibility index (Phi) is 4.44. The third-order valence-corrected chi connectivity index (χ3v) is 4.86. The van der Waals surface area contributed by atoms with Crippen LogP contribution < -0.4 is 10.1 Å². The van der Waals surface area contributed by atoms with Crippen LogP contribution in [0.1, 0.15) is 26.5 Å². The number of methoxy groups -OCH3 is 1. The number of hydrogen-bond acceptors (Lipinski definition) is 5. The topological polar surface area (TPSA) is 64.1 Å². The van der Waals surface area contributed by atoms with Crippen LogP contribution in [0, 0.1) is 19.7 Å². The minimum atomic E-state index is -0.451. The van der Waals surface area contributed by atoms with Crippen LogP contribution in [0.3, 0.4) is 0 Å². The normalized spacial score (nSPS) is 10.8.